The van der Waals surface area contributed by atoms with E-state index in [1.165, 1.54) is 0 Å². The number of carbonyl (C=O) groups is 1. The zero-order chi connectivity index (χ0) is 17.8. The van der Waals surface area contributed by atoms with Gasteiger partial charge in [0.2, 0.25) is 5.91 Å². The SMILES string of the molecule is C/C(=N\NC(=O)Cc1csc(N2CCOCC2)n1)c1c(C)c[nH]c1C. The van der Waals surface area contributed by atoms with E-state index < -0.39 is 0 Å². The quantitative estimate of drug-likeness (QED) is 0.630. The van der Waals surface area contributed by atoms with Gasteiger partial charge in [-0.25, -0.2) is 10.4 Å². The van der Waals surface area contributed by atoms with Gasteiger partial charge in [-0.05, 0) is 26.3 Å². The van der Waals surface area contributed by atoms with E-state index in [-0.39, 0.29) is 12.3 Å². The van der Waals surface area contributed by atoms with Crippen molar-refractivity contribution in [3.8, 4) is 0 Å². The summed E-state index contributed by atoms with van der Waals surface area (Å²) in [5.41, 5.74) is 7.39. The fourth-order valence-electron chi connectivity index (χ4n) is 2.90. The van der Waals surface area contributed by atoms with Crippen molar-refractivity contribution in [1.29, 1.82) is 0 Å². The molecule has 2 N–H and O–H groups in total. The molecule has 0 spiro atoms. The Labute approximate surface area is 151 Å². The third kappa shape index (κ3) is 4.26. The van der Waals surface area contributed by atoms with E-state index in [0.717, 1.165) is 59.7 Å². The molecule has 134 valence electrons. The summed E-state index contributed by atoms with van der Waals surface area (Å²) in [5.74, 6) is -0.163. The number of ether oxygens (including phenoxy) is 1. The number of nitrogens with one attached hydrogen (secondary N) is 2. The van der Waals surface area contributed by atoms with Crippen molar-refractivity contribution in [2.45, 2.75) is 27.2 Å². The normalized spacial score (nSPS) is 15.5. The Balaban J connectivity index is 1.57. The minimum atomic E-state index is -0.163. The molecule has 1 saturated heterocycles. The second kappa shape index (κ2) is 7.79. The molecule has 3 heterocycles. The fourth-order valence-corrected chi connectivity index (χ4v) is 3.78. The standard InChI is InChI=1S/C17H23N5O2S/c1-11-9-18-12(2)16(11)13(3)20-21-15(23)8-14-10-25-17(19-14)22-4-6-24-7-5-22/h9-10,18H,4-8H2,1-3H3,(H,21,23)/b20-13+. The lowest BCUT2D eigenvalue weighted by Gasteiger charge is -2.26. The minimum absolute atomic E-state index is 0.163. The van der Waals surface area contributed by atoms with Gasteiger partial charge in [0.15, 0.2) is 5.13 Å². The predicted molar refractivity (Wildman–Crippen MR) is 99.5 cm³/mol. The van der Waals surface area contributed by atoms with E-state index in [9.17, 15) is 4.79 Å². The number of H-pyrrole nitrogens is 1. The Hall–Kier alpha value is -2.19. The molecule has 1 fully saturated rings. The average molecular weight is 361 g/mol. The molecule has 1 aliphatic rings. The highest BCUT2D eigenvalue weighted by molar-refractivity contribution is 7.13. The number of hydrogen-bond acceptors (Lipinski definition) is 6. The number of aromatic amines is 1. The first-order chi connectivity index (χ1) is 12.0. The number of aryl methyl sites for hydroxylation is 2. The van der Waals surface area contributed by atoms with E-state index in [0.29, 0.717) is 0 Å². The Morgan fingerprint density at radius 3 is 2.88 bits per heavy atom. The van der Waals surface area contributed by atoms with Crippen molar-refractivity contribution in [1.82, 2.24) is 15.4 Å². The Bertz CT molecular complexity index is 754. The van der Waals surface area contributed by atoms with Crippen molar-refractivity contribution in [2.75, 3.05) is 31.2 Å². The third-order valence-corrected chi connectivity index (χ3v) is 5.10. The zero-order valence-corrected chi connectivity index (χ0v) is 15.6. The molecule has 1 aliphatic heterocycles. The van der Waals surface area contributed by atoms with Gasteiger partial charge in [0, 0.05) is 35.9 Å². The van der Waals surface area contributed by atoms with Gasteiger partial charge in [-0.1, -0.05) is 0 Å². The molecule has 3 rings (SSSR count). The van der Waals surface area contributed by atoms with E-state index in [4.69, 9.17) is 4.74 Å². The van der Waals surface area contributed by atoms with Gasteiger partial charge in [0.05, 0.1) is 31.0 Å². The second-order valence-electron chi connectivity index (χ2n) is 6.10. The highest BCUT2D eigenvalue weighted by atomic mass is 32.1. The molecule has 7 nitrogen and oxygen atoms in total. The number of morpholine rings is 1. The summed E-state index contributed by atoms with van der Waals surface area (Å²) in [5, 5.41) is 7.11. The molecule has 8 heteroatoms. The van der Waals surface area contributed by atoms with Crippen LogP contribution in [-0.2, 0) is 16.0 Å². The highest BCUT2D eigenvalue weighted by Crippen LogP contribution is 2.21. The summed E-state index contributed by atoms with van der Waals surface area (Å²) in [6, 6.07) is 0. The number of aromatic nitrogens is 2. The molecule has 0 unspecified atom stereocenters. The lowest BCUT2D eigenvalue weighted by molar-refractivity contribution is -0.120. The van der Waals surface area contributed by atoms with Crippen LogP contribution in [0, 0.1) is 13.8 Å². The molecular formula is C17H23N5O2S. The average Bonchev–Trinajstić information content (AvgIpc) is 3.20. The van der Waals surface area contributed by atoms with E-state index in [1.807, 2.05) is 32.3 Å². The largest absolute Gasteiger partial charge is 0.378 e. The van der Waals surface area contributed by atoms with Gasteiger partial charge >= 0.3 is 0 Å². The number of thiazole rings is 1. The van der Waals surface area contributed by atoms with E-state index in [2.05, 4.69) is 25.4 Å². The fraction of sp³-hybridized carbons (Fsp3) is 0.471. The topological polar surface area (TPSA) is 82.6 Å². The minimum Gasteiger partial charge on any atom is -0.378 e. The van der Waals surface area contributed by atoms with Crippen LogP contribution in [0.25, 0.3) is 0 Å². The number of anilines is 1. The number of amides is 1. The molecule has 25 heavy (non-hydrogen) atoms. The van der Waals surface area contributed by atoms with Gasteiger partial charge in [-0.15, -0.1) is 11.3 Å². The first-order valence-electron chi connectivity index (χ1n) is 8.29. The van der Waals surface area contributed by atoms with Crippen LogP contribution in [0.3, 0.4) is 0 Å². The van der Waals surface area contributed by atoms with Crippen LogP contribution in [0.5, 0.6) is 0 Å². The molecule has 1 amide bonds. The second-order valence-corrected chi connectivity index (χ2v) is 6.94. The van der Waals surface area contributed by atoms with E-state index >= 15 is 0 Å². The maximum absolute atomic E-state index is 12.1. The van der Waals surface area contributed by atoms with Gasteiger partial charge in [-0.2, -0.15) is 5.10 Å². The lowest BCUT2D eigenvalue weighted by Crippen LogP contribution is -2.36. The van der Waals surface area contributed by atoms with Crippen LogP contribution in [-0.4, -0.2) is 47.9 Å². The van der Waals surface area contributed by atoms with Crippen LogP contribution in [0.4, 0.5) is 5.13 Å². The van der Waals surface area contributed by atoms with Gasteiger partial charge in [0.1, 0.15) is 0 Å². The van der Waals surface area contributed by atoms with Gasteiger partial charge < -0.3 is 14.6 Å². The van der Waals surface area contributed by atoms with Crippen LogP contribution in [0.15, 0.2) is 16.7 Å². The Morgan fingerprint density at radius 1 is 1.44 bits per heavy atom. The summed E-state index contributed by atoms with van der Waals surface area (Å²) >= 11 is 1.56. The molecule has 0 radical (unpaired) electrons. The molecule has 0 saturated carbocycles. The number of carbonyl (C=O) groups excluding carboxylic acids is 1. The molecule has 0 aromatic carbocycles. The smallest absolute Gasteiger partial charge is 0.246 e. The van der Waals surface area contributed by atoms with Crippen molar-refractivity contribution >= 4 is 28.1 Å². The Morgan fingerprint density at radius 2 is 2.20 bits per heavy atom. The summed E-state index contributed by atoms with van der Waals surface area (Å²) in [6.07, 6.45) is 2.16. The molecular weight excluding hydrogens is 338 g/mol. The zero-order valence-electron chi connectivity index (χ0n) is 14.8. The number of nitrogens with zero attached hydrogens (tertiary/aromatic N) is 3. The highest BCUT2D eigenvalue weighted by Gasteiger charge is 2.16. The van der Waals surface area contributed by atoms with Crippen LogP contribution < -0.4 is 10.3 Å². The maximum Gasteiger partial charge on any atom is 0.246 e. The number of hydrogen-bond donors (Lipinski definition) is 2. The van der Waals surface area contributed by atoms with E-state index in [1.54, 1.807) is 11.3 Å². The summed E-state index contributed by atoms with van der Waals surface area (Å²) in [7, 11) is 0. The molecule has 0 aliphatic carbocycles. The summed E-state index contributed by atoms with van der Waals surface area (Å²) in [4.78, 5) is 22.1. The molecule has 2 aromatic rings. The lowest BCUT2D eigenvalue weighted by atomic mass is 10.1. The first kappa shape index (κ1) is 17.6. The van der Waals surface area contributed by atoms with Gasteiger partial charge in [-0.3, -0.25) is 4.79 Å². The monoisotopic (exact) mass is 361 g/mol. The maximum atomic E-state index is 12.1. The van der Waals surface area contributed by atoms with Crippen LogP contribution in [0.2, 0.25) is 0 Å². The van der Waals surface area contributed by atoms with Crippen molar-refractivity contribution < 1.29 is 9.53 Å². The molecule has 0 atom stereocenters. The van der Waals surface area contributed by atoms with Crippen molar-refractivity contribution in [3.05, 3.63) is 34.1 Å². The first-order valence-corrected chi connectivity index (χ1v) is 9.17. The number of rotatable bonds is 5. The van der Waals surface area contributed by atoms with Crippen LogP contribution >= 0.6 is 11.3 Å². The molecule has 2 aromatic heterocycles. The third-order valence-electron chi connectivity index (χ3n) is 4.15. The molecule has 0 bridgehead atoms. The van der Waals surface area contributed by atoms with Gasteiger partial charge in [0.25, 0.3) is 0 Å². The summed E-state index contributed by atoms with van der Waals surface area (Å²) < 4.78 is 5.35. The number of hydrazone groups is 1. The van der Waals surface area contributed by atoms with Crippen LogP contribution in [0.1, 0.15) is 29.4 Å². The predicted octanol–water partition coefficient (Wildman–Crippen LogP) is 2.01. The van der Waals surface area contributed by atoms with Crippen molar-refractivity contribution in [2.24, 2.45) is 5.10 Å². The van der Waals surface area contributed by atoms with Crippen molar-refractivity contribution in [3.63, 3.8) is 0 Å². The summed E-state index contributed by atoms with van der Waals surface area (Å²) in [6.45, 7) is 9.04. The Kier molecular flexibility index (Phi) is 5.50.